The first-order valence-corrected chi connectivity index (χ1v) is 17.6. The summed E-state index contributed by atoms with van der Waals surface area (Å²) in [5.74, 6) is -0.456. The van der Waals surface area contributed by atoms with E-state index >= 15 is 0 Å². The van der Waals surface area contributed by atoms with Crippen molar-refractivity contribution in [3.63, 3.8) is 0 Å². The molecular weight excluding hydrogens is 659 g/mol. The number of hydrogen-bond acceptors (Lipinski definition) is 10. The summed E-state index contributed by atoms with van der Waals surface area (Å²) in [6, 6.07) is 6.66. The number of rotatable bonds is 7. The summed E-state index contributed by atoms with van der Waals surface area (Å²) in [5.41, 5.74) is -0.216. The lowest BCUT2D eigenvalue weighted by Gasteiger charge is -2.36. The van der Waals surface area contributed by atoms with E-state index in [4.69, 9.17) is 23.7 Å². The molecule has 0 N–H and O–H groups in total. The van der Waals surface area contributed by atoms with Gasteiger partial charge in [-0.2, -0.15) is 17.5 Å². The van der Waals surface area contributed by atoms with Crippen LogP contribution < -0.4 is 9.47 Å². The van der Waals surface area contributed by atoms with E-state index in [1.807, 2.05) is 0 Å². The van der Waals surface area contributed by atoms with Gasteiger partial charge >= 0.3 is 18.2 Å². The van der Waals surface area contributed by atoms with Crippen molar-refractivity contribution < 1.29 is 54.9 Å². The molecule has 48 heavy (non-hydrogen) atoms. The Balaban J connectivity index is 1.46. The number of methoxy groups -OCH3 is 1. The number of ether oxygens (including phenoxy) is 5. The maximum Gasteiger partial charge on any atom is 0.418 e. The van der Waals surface area contributed by atoms with Crippen LogP contribution in [0.4, 0.5) is 18.0 Å². The smallest absolute Gasteiger partial charge is 0.418 e. The molecule has 264 valence electrons. The molecule has 6 rings (SSSR count). The summed E-state index contributed by atoms with van der Waals surface area (Å²) in [6.45, 7) is 0.463. The molecule has 3 aliphatic heterocycles. The number of pyridine rings is 1. The van der Waals surface area contributed by atoms with Gasteiger partial charge in [0.15, 0.2) is 0 Å². The number of esters is 1. The summed E-state index contributed by atoms with van der Waals surface area (Å²) in [5, 5.41) is 0. The number of amides is 1. The number of alkyl halides is 3. The fourth-order valence-electron chi connectivity index (χ4n) is 6.72. The Labute approximate surface area is 277 Å². The van der Waals surface area contributed by atoms with Gasteiger partial charge in [0.25, 0.3) is 0 Å². The zero-order valence-corrected chi connectivity index (χ0v) is 27.8. The molecule has 0 unspecified atom stereocenters. The van der Waals surface area contributed by atoms with Gasteiger partial charge in [0.1, 0.15) is 25.6 Å². The van der Waals surface area contributed by atoms with Crippen LogP contribution in [0, 0.1) is 0 Å². The highest BCUT2D eigenvalue weighted by atomic mass is 32.2. The third kappa shape index (κ3) is 8.50. The van der Waals surface area contributed by atoms with Crippen molar-refractivity contribution in [1.29, 1.82) is 0 Å². The van der Waals surface area contributed by atoms with Crippen molar-refractivity contribution in [3.05, 3.63) is 53.2 Å². The molecule has 1 aromatic carbocycles. The molecular formula is C32H40F3N3O9S. The average Bonchev–Trinajstić information content (AvgIpc) is 3.40. The van der Waals surface area contributed by atoms with Gasteiger partial charge in [0, 0.05) is 25.5 Å². The van der Waals surface area contributed by atoms with Gasteiger partial charge in [-0.25, -0.2) is 18.2 Å². The Hall–Kier alpha value is -3.63. The van der Waals surface area contributed by atoms with Gasteiger partial charge in [-0.15, -0.1) is 0 Å². The fourth-order valence-corrected chi connectivity index (χ4v) is 7.82. The quantitative estimate of drug-likeness (QED) is 0.380. The first-order chi connectivity index (χ1) is 22.7. The highest BCUT2D eigenvalue weighted by Gasteiger charge is 2.50. The third-order valence-electron chi connectivity index (χ3n) is 9.02. The monoisotopic (exact) mass is 699 g/mol. The number of sulfonamides is 1. The Morgan fingerprint density at radius 3 is 2.38 bits per heavy atom. The van der Waals surface area contributed by atoms with E-state index in [1.54, 1.807) is 24.3 Å². The minimum absolute atomic E-state index is 0.0155. The van der Waals surface area contributed by atoms with Crippen LogP contribution in [0.15, 0.2) is 36.4 Å². The summed E-state index contributed by atoms with van der Waals surface area (Å²) in [4.78, 5) is 31.1. The molecule has 4 heterocycles. The second-order valence-electron chi connectivity index (χ2n) is 12.2. The van der Waals surface area contributed by atoms with Crippen LogP contribution in [0.5, 0.6) is 11.6 Å². The van der Waals surface area contributed by atoms with Crippen molar-refractivity contribution >= 4 is 22.1 Å². The number of benzene rings is 1. The molecule has 16 heteroatoms. The van der Waals surface area contributed by atoms with E-state index in [-0.39, 0.29) is 57.1 Å². The molecule has 1 aromatic heterocycles. The molecule has 4 bridgehead atoms. The lowest BCUT2D eigenvalue weighted by molar-refractivity contribution is -0.142. The van der Waals surface area contributed by atoms with Gasteiger partial charge in [0.2, 0.25) is 15.9 Å². The van der Waals surface area contributed by atoms with Crippen molar-refractivity contribution in [2.75, 3.05) is 39.8 Å². The average molecular weight is 700 g/mol. The Morgan fingerprint density at radius 1 is 1.06 bits per heavy atom. The van der Waals surface area contributed by atoms with Crippen LogP contribution in [-0.4, -0.2) is 98.7 Å². The maximum absolute atomic E-state index is 13.9. The molecule has 1 amide bonds. The predicted octanol–water partition coefficient (Wildman–Crippen LogP) is 4.52. The minimum atomic E-state index is -4.59. The zero-order valence-electron chi connectivity index (χ0n) is 27.0. The number of carbonyl (C=O) groups excluding carboxylic acids is 2. The maximum atomic E-state index is 13.9. The number of fused-ring (bicyclic) bond motifs is 7. The molecule has 0 radical (unpaired) electrons. The number of aromatic nitrogens is 1. The van der Waals surface area contributed by atoms with Crippen molar-refractivity contribution in [1.82, 2.24) is 14.2 Å². The van der Waals surface area contributed by atoms with Gasteiger partial charge in [-0.1, -0.05) is 12.1 Å². The summed E-state index contributed by atoms with van der Waals surface area (Å²) in [6.07, 6.45) is -2.93. The minimum Gasteiger partial charge on any atom is -0.497 e. The van der Waals surface area contributed by atoms with Gasteiger partial charge in [-0.05, 0) is 55.9 Å². The zero-order chi connectivity index (χ0) is 34.6. The van der Waals surface area contributed by atoms with Crippen LogP contribution >= 0.6 is 0 Å². The molecule has 4 aliphatic rings. The number of halogens is 3. The first-order valence-electron chi connectivity index (χ1n) is 15.7. The van der Waals surface area contributed by atoms with E-state index in [0.29, 0.717) is 37.0 Å². The predicted molar refractivity (Wildman–Crippen MR) is 165 cm³/mol. The Kier molecular flexibility index (Phi) is 11.0. The van der Waals surface area contributed by atoms with Crippen molar-refractivity contribution in [2.45, 2.75) is 81.9 Å². The molecule has 1 saturated carbocycles. The Morgan fingerprint density at radius 2 is 1.75 bits per heavy atom. The van der Waals surface area contributed by atoms with Crippen LogP contribution in [0.2, 0.25) is 0 Å². The van der Waals surface area contributed by atoms with Crippen LogP contribution in [0.3, 0.4) is 0 Å². The van der Waals surface area contributed by atoms with Gasteiger partial charge in [0.05, 0.1) is 55.5 Å². The normalized spacial score (nSPS) is 25.3. The number of hydrogen-bond donors (Lipinski definition) is 0. The second kappa shape index (κ2) is 14.9. The summed E-state index contributed by atoms with van der Waals surface area (Å²) in [7, 11) is -2.34. The topological polar surface area (TPSA) is 134 Å². The number of nitrogens with zero attached hydrogens (tertiary/aromatic N) is 3. The highest BCUT2D eigenvalue weighted by Crippen LogP contribution is 2.42. The van der Waals surface area contributed by atoms with Gasteiger partial charge < -0.3 is 23.7 Å². The third-order valence-corrected chi connectivity index (χ3v) is 10.3. The van der Waals surface area contributed by atoms with E-state index in [9.17, 15) is 31.2 Å². The molecule has 2 aromatic rings. The summed E-state index contributed by atoms with van der Waals surface area (Å²) >= 11 is 0. The van der Waals surface area contributed by atoms with Gasteiger partial charge in [-0.3, -0.25) is 9.69 Å². The molecule has 2 fully saturated rings. The highest BCUT2D eigenvalue weighted by molar-refractivity contribution is 7.88. The standard InChI is InChI=1S/C32H40F3N3O9S/c1-20(39)46-18-23-16-27(37(48(3,41)42)17-21-4-8-24(43-2)9-5-21)28-19-47-25-10-6-22(7-11-25)30-26(32(33,34)35)12-13-29(36-30)44-14-15-45-31(40)38(23)28/h4-5,8-9,12-13,22-23,25,27-28H,6-7,10-11,14-19H2,1-3H3/t22?,23-,25?,27-,28-/m0/s1. The van der Waals surface area contributed by atoms with E-state index in [2.05, 4.69) is 4.98 Å². The largest absolute Gasteiger partial charge is 0.497 e. The molecule has 12 nitrogen and oxygen atoms in total. The SMILES string of the molecule is COc1ccc(CN([C@H]2C[C@@H](COC(C)=O)N3C(=O)OCCOc4ccc(C(F)(F)F)c(n4)C4CCC(CC4)OC[C@@H]23)S(C)(=O)=O)cc1. The van der Waals surface area contributed by atoms with Crippen LogP contribution in [-0.2, 0) is 41.7 Å². The first kappa shape index (κ1) is 35.7. The van der Waals surface area contributed by atoms with E-state index in [1.165, 1.54) is 23.2 Å². The molecule has 3 atom stereocenters. The lowest BCUT2D eigenvalue weighted by Crippen LogP contribution is -2.52. The molecule has 1 aliphatic carbocycles. The lowest BCUT2D eigenvalue weighted by atomic mass is 9.83. The van der Waals surface area contributed by atoms with Crippen molar-refractivity contribution in [3.8, 4) is 11.6 Å². The van der Waals surface area contributed by atoms with Crippen LogP contribution in [0.1, 0.15) is 61.8 Å². The Bertz CT molecular complexity index is 1550. The molecule has 0 spiro atoms. The fraction of sp³-hybridized carbons (Fsp3) is 0.594. The number of carbonyl (C=O) groups is 2. The second-order valence-corrected chi connectivity index (χ2v) is 14.2. The van der Waals surface area contributed by atoms with Crippen LogP contribution in [0.25, 0.3) is 0 Å². The van der Waals surface area contributed by atoms with Crippen molar-refractivity contribution in [2.24, 2.45) is 0 Å². The van der Waals surface area contributed by atoms with E-state index in [0.717, 1.165) is 18.4 Å². The van der Waals surface area contributed by atoms with E-state index < -0.39 is 57.9 Å². The summed E-state index contributed by atoms with van der Waals surface area (Å²) < 4.78 is 97.7. The molecule has 1 saturated heterocycles.